The van der Waals surface area contributed by atoms with Crippen LogP contribution >= 0.6 is 24.0 Å². The molecule has 0 aromatic carbocycles. The summed E-state index contributed by atoms with van der Waals surface area (Å²) in [6.45, 7) is 6.83. The number of pyridine rings is 1. The number of ether oxygens (including phenoxy) is 1. The summed E-state index contributed by atoms with van der Waals surface area (Å²) >= 11 is 0. The van der Waals surface area contributed by atoms with E-state index in [1.807, 2.05) is 19.1 Å². The molecule has 0 fully saturated rings. The monoisotopic (exact) mass is 378 g/mol. The molecule has 0 saturated carbocycles. The lowest BCUT2D eigenvalue weighted by molar-refractivity contribution is 0.185. The topological polar surface area (TPSA) is 86.5 Å². The van der Waals surface area contributed by atoms with E-state index in [1.54, 1.807) is 6.20 Å². The molecule has 0 aliphatic heterocycles. The highest BCUT2D eigenvalue weighted by Gasteiger charge is 2.07. The van der Waals surface area contributed by atoms with E-state index in [-0.39, 0.29) is 36.0 Å². The van der Waals surface area contributed by atoms with Crippen molar-refractivity contribution in [1.82, 2.24) is 4.98 Å². The Morgan fingerprint density at radius 2 is 2.05 bits per heavy atom. The van der Waals surface area contributed by atoms with E-state index in [0.29, 0.717) is 18.3 Å². The molecule has 4 N–H and O–H groups in total. The van der Waals surface area contributed by atoms with Crippen molar-refractivity contribution in [3.05, 3.63) is 23.9 Å². The van der Waals surface area contributed by atoms with Gasteiger partial charge in [0, 0.05) is 12.3 Å². The molecular weight excluding hydrogens is 355 g/mol. The lowest BCUT2D eigenvalue weighted by atomic mass is 10.1. The number of guanidine groups is 1. The van der Waals surface area contributed by atoms with Crippen LogP contribution in [-0.4, -0.2) is 17.0 Å². The van der Waals surface area contributed by atoms with E-state index in [4.69, 9.17) is 16.2 Å². The van der Waals surface area contributed by atoms with Crippen LogP contribution in [-0.2, 0) is 6.54 Å². The quantitative estimate of drug-likeness (QED) is 0.452. The molecule has 0 radical (unpaired) electrons. The Labute approximate surface area is 131 Å². The number of nitrogens with two attached hydrogens (primary N) is 2. The smallest absolute Gasteiger partial charge is 0.213 e. The van der Waals surface area contributed by atoms with Crippen molar-refractivity contribution in [3.8, 4) is 5.88 Å². The van der Waals surface area contributed by atoms with E-state index >= 15 is 0 Å². The third kappa shape index (κ3) is 7.86. The maximum atomic E-state index is 5.75. The number of hydrogen-bond donors (Lipinski definition) is 2. The molecule has 1 aromatic heterocycles. The van der Waals surface area contributed by atoms with Crippen LogP contribution < -0.4 is 16.2 Å². The minimum absolute atomic E-state index is 0. The predicted octanol–water partition coefficient (Wildman–Crippen LogP) is 2.29. The van der Waals surface area contributed by atoms with Crippen LogP contribution in [0.15, 0.2) is 23.3 Å². The van der Waals surface area contributed by atoms with E-state index < -0.39 is 0 Å². The van der Waals surface area contributed by atoms with Crippen LogP contribution in [0.2, 0.25) is 0 Å². The zero-order valence-corrected chi connectivity index (χ0v) is 14.0. The number of hydrogen-bond acceptors (Lipinski definition) is 3. The van der Waals surface area contributed by atoms with Gasteiger partial charge in [0.2, 0.25) is 5.88 Å². The molecule has 6 heteroatoms. The van der Waals surface area contributed by atoms with Gasteiger partial charge in [-0.25, -0.2) is 9.98 Å². The lowest BCUT2D eigenvalue weighted by Crippen LogP contribution is -2.22. The second-order valence-electron chi connectivity index (χ2n) is 4.80. The molecule has 0 aliphatic rings. The summed E-state index contributed by atoms with van der Waals surface area (Å²) < 4.78 is 5.75. The molecule has 108 valence electrons. The standard InChI is InChI=1S/C13H22N4O.HI/c1-9(2)6-10(3)18-12-7-11(4-5-16-12)8-17-13(14)15;/h4-5,7,9-10H,6,8H2,1-3H3,(H4,14,15,17);1H. The molecule has 1 rings (SSSR count). The van der Waals surface area contributed by atoms with Crippen LogP contribution in [0, 0.1) is 5.92 Å². The Hall–Kier alpha value is -1.05. The second kappa shape index (κ2) is 8.95. The molecular formula is C13H23IN4O. The highest BCUT2D eigenvalue weighted by Crippen LogP contribution is 2.15. The molecule has 1 atom stereocenters. The maximum Gasteiger partial charge on any atom is 0.213 e. The van der Waals surface area contributed by atoms with E-state index in [1.165, 1.54) is 0 Å². The average molecular weight is 378 g/mol. The summed E-state index contributed by atoms with van der Waals surface area (Å²) in [6, 6.07) is 3.73. The highest BCUT2D eigenvalue weighted by molar-refractivity contribution is 14.0. The minimum atomic E-state index is 0. The number of aliphatic imine (C=N–C) groups is 1. The lowest BCUT2D eigenvalue weighted by Gasteiger charge is -2.16. The van der Waals surface area contributed by atoms with Crippen LogP contribution in [0.1, 0.15) is 32.8 Å². The fraction of sp³-hybridized carbons (Fsp3) is 0.538. The predicted molar refractivity (Wildman–Crippen MR) is 88.7 cm³/mol. The van der Waals surface area contributed by atoms with Crippen molar-refractivity contribution in [3.63, 3.8) is 0 Å². The molecule has 19 heavy (non-hydrogen) atoms. The van der Waals surface area contributed by atoms with Gasteiger partial charge in [0.25, 0.3) is 0 Å². The summed E-state index contributed by atoms with van der Waals surface area (Å²) in [6.07, 6.45) is 2.85. The summed E-state index contributed by atoms with van der Waals surface area (Å²) in [5.74, 6) is 1.30. The van der Waals surface area contributed by atoms with Gasteiger partial charge in [-0.15, -0.1) is 24.0 Å². The van der Waals surface area contributed by atoms with Gasteiger partial charge >= 0.3 is 0 Å². The zero-order valence-electron chi connectivity index (χ0n) is 11.7. The first-order chi connectivity index (χ1) is 8.47. The van der Waals surface area contributed by atoms with E-state index in [9.17, 15) is 0 Å². The number of halogens is 1. The second-order valence-corrected chi connectivity index (χ2v) is 4.80. The first-order valence-corrected chi connectivity index (χ1v) is 6.14. The highest BCUT2D eigenvalue weighted by atomic mass is 127. The van der Waals surface area contributed by atoms with Crippen LogP contribution in [0.3, 0.4) is 0 Å². The molecule has 1 aromatic rings. The molecule has 1 unspecified atom stereocenters. The molecule has 0 aliphatic carbocycles. The molecule has 5 nitrogen and oxygen atoms in total. The first-order valence-electron chi connectivity index (χ1n) is 6.14. The molecule has 0 saturated heterocycles. The molecule has 0 amide bonds. The SMILES string of the molecule is CC(C)CC(C)Oc1cc(CN=C(N)N)ccn1.I. The zero-order chi connectivity index (χ0) is 13.5. The van der Waals surface area contributed by atoms with Gasteiger partial charge in [0.15, 0.2) is 5.96 Å². The van der Waals surface area contributed by atoms with Gasteiger partial charge in [-0.1, -0.05) is 13.8 Å². The van der Waals surface area contributed by atoms with Gasteiger partial charge in [0.1, 0.15) is 0 Å². The normalized spacial score (nSPS) is 11.6. The molecule has 1 heterocycles. The third-order valence-electron chi connectivity index (χ3n) is 2.37. The summed E-state index contributed by atoms with van der Waals surface area (Å²) in [5, 5.41) is 0. The van der Waals surface area contributed by atoms with Crippen LogP contribution in [0.5, 0.6) is 5.88 Å². The first kappa shape index (κ1) is 17.9. The van der Waals surface area contributed by atoms with Crippen molar-refractivity contribution in [2.45, 2.75) is 39.8 Å². The molecule has 0 spiro atoms. The van der Waals surface area contributed by atoms with Gasteiger partial charge in [-0.3, -0.25) is 0 Å². The fourth-order valence-corrected chi connectivity index (χ4v) is 1.71. The third-order valence-corrected chi connectivity index (χ3v) is 2.37. The van der Waals surface area contributed by atoms with Crippen molar-refractivity contribution in [1.29, 1.82) is 0 Å². The summed E-state index contributed by atoms with van der Waals surface area (Å²) in [5.41, 5.74) is 11.6. The minimum Gasteiger partial charge on any atom is -0.475 e. The Kier molecular flexibility index (Phi) is 8.46. The fourth-order valence-electron chi connectivity index (χ4n) is 1.71. The van der Waals surface area contributed by atoms with Crippen LogP contribution in [0.4, 0.5) is 0 Å². The Balaban J connectivity index is 0.00000324. The van der Waals surface area contributed by atoms with Gasteiger partial charge < -0.3 is 16.2 Å². The van der Waals surface area contributed by atoms with Gasteiger partial charge in [-0.05, 0) is 30.9 Å². The van der Waals surface area contributed by atoms with Gasteiger partial charge in [0.05, 0.1) is 12.6 Å². The number of rotatable bonds is 6. The maximum absolute atomic E-state index is 5.75. The number of nitrogens with zero attached hydrogens (tertiary/aromatic N) is 2. The summed E-state index contributed by atoms with van der Waals surface area (Å²) in [4.78, 5) is 8.13. The summed E-state index contributed by atoms with van der Waals surface area (Å²) in [7, 11) is 0. The largest absolute Gasteiger partial charge is 0.475 e. The van der Waals surface area contributed by atoms with Gasteiger partial charge in [-0.2, -0.15) is 0 Å². The number of aromatic nitrogens is 1. The van der Waals surface area contributed by atoms with Crippen molar-refractivity contribution < 1.29 is 4.74 Å². The van der Waals surface area contributed by atoms with Crippen molar-refractivity contribution in [2.75, 3.05) is 0 Å². The van der Waals surface area contributed by atoms with Crippen molar-refractivity contribution >= 4 is 29.9 Å². The Morgan fingerprint density at radius 1 is 1.37 bits per heavy atom. The Bertz CT molecular complexity index is 405. The van der Waals surface area contributed by atoms with E-state index in [0.717, 1.165) is 12.0 Å². The van der Waals surface area contributed by atoms with Crippen LogP contribution in [0.25, 0.3) is 0 Å². The van der Waals surface area contributed by atoms with Crippen molar-refractivity contribution in [2.24, 2.45) is 22.4 Å². The Morgan fingerprint density at radius 3 is 2.63 bits per heavy atom. The average Bonchev–Trinajstić information content (AvgIpc) is 2.25. The molecule has 0 bridgehead atoms. The van der Waals surface area contributed by atoms with E-state index in [2.05, 4.69) is 23.8 Å².